The minimum atomic E-state index is -0.221. The van der Waals surface area contributed by atoms with Crippen molar-refractivity contribution in [3.63, 3.8) is 0 Å². The van der Waals surface area contributed by atoms with Gasteiger partial charge in [-0.1, -0.05) is 25.7 Å². The minimum absolute atomic E-state index is 0.221. The Balaban J connectivity index is 1.58. The number of hydrogen-bond acceptors (Lipinski definition) is 5. The van der Waals surface area contributed by atoms with Crippen LogP contribution in [0.3, 0.4) is 0 Å². The first-order valence-corrected chi connectivity index (χ1v) is 12.2. The second kappa shape index (κ2) is 9.77. The fourth-order valence-electron chi connectivity index (χ4n) is 4.04. The summed E-state index contributed by atoms with van der Waals surface area (Å²) in [6.45, 7) is 9.66. The quantitative estimate of drug-likeness (QED) is 0.220. The largest absolute Gasteiger partial charge is 0.352 e. The zero-order valence-electron chi connectivity index (χ0n) is 19.5. The summed E-state index contributed by atoms with van der Waals surface area (Å²) < 4.78 is 13.7. The third kappa shape index (κ3) is 4.45. The number of halogens is 1. The highest BCUT2D eigenvalue weighted by Crippen LogP contribution is 2.35. The second-order valence-corrected chi connectivity index (χ2v) is 9.08. The summed E-state index contributed by atoms with van der Waals surface area (Å²) in [6.07, 6.45) is 9.54. The lowest BCUT2D eigenvalue weighted by Gasteiger charge is -2.06. The van der Waals surface area contributed by atoms with Crippen molar-refractivity contribution in [2.75, 3.05) is 13.1 Å². The van der Waals surface area contributed by atoms with E-state index in [2.05, 4.69) is 45.1 Å². The van der Waals surface area contributed by atoms with Crippen LogP contribution < -0.4 is 5.32 Å². The van der Waals surface area contributed by atoms with E-state index in [9.17, 15) is 4.39 Å². The summed E-state index contributed by atoms with van der Waals surface area (Å²) in [5.74, 6) is 0. The lowest BCUT2D eigenvalue weighted by Crippen LogP contribution is -2.15. The van der Waals surface area contributed by atoms with Crippen molar-refractivity contribution >= 4 is 38.8 Å². The molecule has 5 aromatic rings. The van der Waals surface area contributed by atoms with Gasteiger partial charge < -0.3 is 10.3 Å². The molecular formula is C27H25FN6S. The number of likely N-dealkylation sites (N-methyl/N-ethyl adjacent to an activating group) is 1. The van der Waals surface area contributed by atoms with E-state index in [1.165, 1.54) is 6.07 Å². The monoisotopic (exact) mass is 484 g/mol. The van der Waals surface area contributed by atoms with Crippen LogP contribution in [0.2, 0.25) is 0 Å². The van der Waals surface area contributed by atoms with Gasteiger partial charge in [-0.2, -0.15) is 9.49 Å². The molecule has 0 aliphatic carbocycles. The maximum absolute atomic E-state index is 13.7. The van der Waals surface area contributed by atoms with Gasteiger partial charge in [0.15, 0.2) is 5.13 Å². The molecule has 0 bridgehead atoms. The smallest absolute Gasteiger partial charge is 0.176 e. The van der Waals surface area contributed by atoms with E-state index >= 15 is 0 Å². The van der Waals surface area contributed by atoms with Crippen LogP contribution in [0.25, 0.3) is 49.3 Å². The van der Waals surface area contributed by atoms with Crippen LogP contribution in [0.15, 0.2) is 73.1 Å². The lowest BCUT2D eigenvalue weighted by atomic mass is 10.1. The molecule has 0 radical (unpaired) electrons. The van der Waals surface area contributed by atoms with Crippen molar-refractivity contribution in [2.45, 2.75) is 13.8 Å². The highest BCUT2D eigenvalue weighted by molar-refractivity contribution is 7.14. The van der Waals surface area contributed by atoms with E-state index in [-0.39, 0.29) is 5.13 Å². The van der Waals surface area contributed by atoms with E-state index in [0.29, 0.717) is 0 Å². The zero-order chi connectivity index (χ0) is 24.4. The summed E-state index contributed by atoms with van der Waals surface area (Å²) in [7, 11) is 0. The van der Waals surface area contributed by atoms with Crippen molar-refractivity contribution in [1.29, 1.82) is 0 Å². The van der Waals surface area contributed by atoms with E-state index < -0.39 is 0 Å². The topological polar surface area (TPSA) is 82.3 Å². The average Bonchev–Trinajstić information content (AvgIpc) is 3.61. The van der Waals surface area contributed by atoms with Gasteiger partial charge in [-0.3, -0.25) is 10.1 Å². The van der Waals surface area contributed by atoms with E-state index in [4.69, 9.17) is 4.98 Å². The molecule has 0 saturated carbocycles. The highest BCUT2D eigenvalue weighted by atomic mass is 32.1. The van der Waals surface area contributed by atoms with Gasteiger partial charge in [0.2, 0.25) is 0 Å². The number of fused-ring (bicyclic) bond motifs is 2. The first-order chi connectivity index (χ1) is 17.1. The summed E-state index contributed by atoms with van der Waals surface area (Å²) in [6, 6.07) is 9.26. The summed E-state index contributed by atoms with van der Waals surface area (Å²) in [4.78, 5) is 13.5. The second-order valence-electron chi connectivity index (χ2n) is 8.05. The molecule has 5 aromatic heterocycles. The van der Waals surface area contributed by atoms with Crippen LogP contribution >= 0.6 is 11.3 Å². The van der Waals surface area contributed by atoms with Gasteiger partial charge in [0, 0.05) is 28.6 Å². The maximum atomic E-state index is 13.7. The van der Waals surface area contributed by atoms with E-state index in [1.807, 2.05) is 37.3 Å². The number of aromatic nitrogens is 5. The van der Waals surface area contributed by atoms with Crippen LogP contribution in [0, 0.1) is 5.13 Å². The van der Waals surface area contributed by atoms with Crippen molar-refractivity contribution in [1.82, 2.24) is 30.5 Å². The maximum Gasteiger partial charge on any atom is 0.176 e. The van der Waals surface area contributed by atoms with Crippen molar-refractivity contribution in [3.8, 4) is 21.8 Å². The molecule has 6 nitrogen and oxygen atoms in total. The Labute approximate surface area is 206 Å². The number of aromatic amines is 2. The Morgan fingerprint density at radius 2 is 2.09 bits per heavy atom. The van der Waals surface area contributed by atoms with E-state index in [1.54, 1.807) is 18.5 Å². The molecule has 5 heterocycles. The third-order valence-electron chi connectivity index (χ3n) is 5.84. The number of H-pyrrole nitrogens is 2. The first kappa shape index (κ1) is 22.9. The Hall–Kier alpha value is -3.88. The van der Waals surface area contributed by atoms with Gasteiger partial charge >= 0.3 is 0 Å². The van der Waals surface area contributed by atoms with Crippen LogP contribution in [-0.4, -0.2) is 38.2 Å². The van der Waals surface area contributed by atoms with Gasteiger partial charge in [0.25, 0.3) is 0 Å². The lowest BCUT2D eigenvalue weighted by molar-refractivity contribution is 0.657. The number of nitrogens with one attached hydrogen (secondary N) is 3. The van der Waals surface area contributed by atoms with Crippen LogP contribution in [0.1, 0.15) is 19.5 Å². The van der Waals surface area contributed by atoms with Crippen LogP contribution in [0.5, 0.6) is 0 Å². The number of hydrogen-bond donors (Lipinski definition) is 3. The SMILES string of the molecule is C=C/C(=C\C(=C/C)c1ccc2[nH]nc(-c3cc4c(-c5ccc(F)s5)cncc4[nH]3)c2n1)CNCC. The number of nitrogens with zero attached hydrogens (tertiary/aromatic N) is 3. The molecule has 0 aliphatic heterocycles. The summed E-state index contributed by atoms with van der Waals surface area (Å²) in [5.41, 5.74) is 7.84. The van der Waals surface area contributed by atoms with E-state index in [0.717, 1.165) is 85.0 Å². The molecule has 0 unspecified atom stereocenters. The van der Waals surface area contributed by atoms with Gasteiger partial charge in [-0.25, -0.2) is 4.98 Å². The number of rotatable bonds is 8. The van der Waals surface area contributed by atoms with Crippen LogP contribution in [0.4, 0.5) is 4.39 Å². The number of allylic oxidation sites excluding steroid dienone is 3. The standard InChI is InChI=1S/C27H25FN6S/c1-4-16(13-29-6-3)11-17(5-2)20-7-8-21-26(32-20)27(34-33-21)22-12-18-19(14-30-15-23(18)31-22)24-9-10-25(28)35-24/h4-5,7-12,14-15,29,31H,1,6,13H2,2-3H3,(H,33,34)/b16-11+,17-5+. The predicted molar refractivity (Wildman–Crippen MR) is 143 cm³/mol. The van der Waals surface area contributed by atoms with Crippen molar-refractivity contribution < 1.29 is 4.39 Å². The predicted octanol–water partition coefficient (Wildman–Crippen LogP) is 6.49. The van der Waals surface area contributed by atoms with Crippen molar-refractivity contribution in [2.24, 2.45) is 0 Å². The Kier molecular flexibility index (Phi) is 6.39. The number of thiophene rings is 1. The van der Waals surface area contributed by atoms with Gasteiger partial charge in [-0.15, -0.1) is 11.3 Å². The molecule has 35 heavy (non-hydrogen) atoms. The normalized spacial score (nSPS) is 12.7. The first-order valence-electron chi connectivity index (χ1n) is 11.4. The molecule has 3 N–H and O–H groups in total. The fraction of sp³-hybridized carbons (Fsp3) is 0.148. The van der Waals surface area contributed by atoms with Crippen molar-refractivity contribution in [3.05, 3.63) is 83.9 Å². The molecule has 176 valence electrons. The molecule has 0 aliphatic rings. The molecule has 5 rings (SSSR count). The number of pyridine rings is 2. The Morgan fingerprint density at radius 3 is 2.83 bits per heavy atom. The molecule has 0 spiro atoms. The molecule has 0 fully saturated rings. The summed E-state index contributed by atoms with van der Waals surface area (Å²) >= 11 is 1.11. The molecule has 0 atom stereocenters. The van der Waals surface area contributed by atoms with Crippen LogP contribution in [-0.2, 0) is 0 Å². The molecule has 0 amide bonds. The van der Waals surface area contributed by atoms with Gasteiger partial charge in [0.1, 0.15) is 11.2 Å². The van der Waals surface area contributed by atoms with Gasteiger partial charge in [0.05, 0.1) is 28.6 Å². The molecule has 0 aromatic carbocycles. The Morgan fingerprint density at radius 1 is 1.20 bits per heavy atom. The molecule has 0 saturated heterocycles. The highest BCUT2D eigenvalue weighted by Gasteiger charge is 2.16. The fourth-order valence-corrected chi connectivity index (χ4v) is 4.79. The zero-order valence-corrected chi connectivity index (χ0v) is 20.3. The van der Waals surface area contributed by atoms with Gasteiger partial charge in [-0.05, 0) is 61.0 Å². The Bertz CT molecular complexity index is 1590. The molecule has 8 heteroatoms. The summed E-state index contributed by atoms with van der Waals surface area (Å²) in [5, 5.41) is 11.7. The third-order valence-corrected chi connectivity index (χ3v) is 6.74. The minimum Gasteiger partial charge on any atom is -0.352 e. The molecular weight excluding hydrogens is 459 g/mol. The average molecular weight is 485 g/mol.